The third kappa shape index (κ3) is 3.81. The van der Waals surface area contributed by atoms with Gasteiger partial charge in [-0.15, -0.1) is 0 Å². The van der Waals surface area contributed by atoms with Gasteiger partial charge in [-0.2, -0.15) is 0 Å². The summed E-state index contributed by atoms with van der Waals surface area (Å²) in [6.45, 7) is 1.56. The van der Waals surface area contributed by atoms with Crippen LogP contribution in [-0.4, -0.2) is 23.5 Å². The molecule has 1 aromatic rings. The van der Waals surface area contributed by atoms with Crippen LogP contribution < -0.4 is 4.74 Å². The Bertz CT molecular complexity index is 637. The third-order valence-corrected chi connectivity index (χ3v) is 4.52. The molecule has 0 radical (unpaired) electrons. The predicted octanol–water partition coefficient (Wildman–Crippen LogP) is 4.23. The number of hydrogen-bond donors (Lipinski definition) is 1. The average molecular weight is 343 g/mol. The fraction of sp³-hybridized carbons (Fsp3) is 0.375. The van der Waals surface area contributed by atoms with Gasteiger partial charge >= 0.3 is 5.97 Å². The SMILES string of the molecule is CCC1CC(=O)C=C(c2ccc(OCC(=O)O)c(Cl)c2Cl)C1. The van der Waals surface area contributed by atoms with Crippen molar-refractivity contribution in [3.05, 3.63) is 33.8 Å². The lowest BCUT2D eigenvalue weighted by Crippen LogP contribution is -2.13. The van der Waals surface area contributed by atoms with Crippen molar-refractivity contribution in [3.63, 3.8) is 0 Å². The van der Waals surface area contributed by atoms with E-state index in [1.165, 1.54) is 0 Å². The molecule has 0 aliphatic heterocycles. The molecule has 1 aliphatic carbocycles. The summed E-state index contributed by atoms with van der Waals surface area (Å²) in [4.78, 5) is 22.4. The number of carboxylic acids is 1. The van der Waals surface area contributed by atoms with Gasteiger partial charge in [0.15, 0.2) is 12.4 Å². The zero-order valence-electron chi connectivity index (χ0n) is 12.1. The van der Waals surface area contributed by atoms with E-state index in [2.05, 4.69) is 6.92 Å². The number of hydrogen-bond acceptors (Lipinski definition) is 3. The molecule has 0 fully saturated rings. The molecule has 6 heteroatoms. The quantitative estimate of drug-likeness (QED) is 0.869. The van der Waals surface area contributed by atoms with Gasteiger partial charge in [-0.25, -0.2) is 4.79 Å². The highest BCUT2D eigenvalue weighted by Crippen LogP contribution is 2.41. The molecule has 1 aliphatic rings. The van der Waals surface area contributed by atoms with Crippen molar-refractivity contribution in [3.8, 4) is 5.75 Å². The monoisotopic (exact) mass is 342 g/mol. The third-order valence-electron chi connectivity index (χ3n) is 3.65. The molecule has 0 saturated heterocycles. The van der Waals surface area contributed by atoms with Gasteiger partial charge in [0.25, 0.3) is 0 Å². The van der Waals surface area contributed by atoms with Crippen LogP contribution in [0.1, 0.15) is 31.7 Å². The number of ether oxygens (including phenoxy) is 1. The lowest BCUT2D eigenvalue weighted by Gasteiger charge is -2.22. The summed E-state index contributed by atoms with van der Waals surface area (Å²) < 4.78 is 5.08. The molecule has 1 N–H and O–H groups in total. The molecular weight excluding hydrogens is 327 g/mol. The van der Waals surface area contributed by atoms with Gasteiger partial charge in [-0.3, -0.25) is 4.79 Å². The minimum atomic E-state index is -1.09. The Morgan fingerprint density at radius 3 is 2.68 bits per heavy atom. The van der Waals surface area contributed by atoms with E-state index < -0.39 is 12.6 Å². The van der Waals surface area contributed by atoms with E-state index in [-0.39, 0.29) is 21.6 Å². The van der Waals surface area contributed by atoms with Crippen LogP contribution >= 0.6 is 23.2 Å². The number of halogens is 2. The molecule has 22 heavy (non-hydrogen) atoms. The lowest BCUT2D eigenvalue weighted by atomic mass is 9.83. The minimum Gasteiger partial charge on any atom is -0.480 e. The van der Waals surface area contributed by atoms with Crippen molar-refractivity contribution in [2.45, 2.75) is 26.2 Å². The second-order valence-corrected chi connectivity index (χ2v) is 6.00. The molecule has 1 unspecified atom stereocenters. The second-order valence-electron chi connectivity index (χ2n) is 5.24. The van der Waals surface area contributed by atoms with E-state index in [0.717, 1.165) is 18.4 Å². The van der Waals surface area contributed by atoms with E-state index in [4.69, 9.17) is 33.0 Å². The van der Waals surface area contributed by atoms with Crippen molar-refractivity contribution in [1.82, 2.24) is 0 Å². The first kappa shape index (κ1) is 16.8. The Morgan fingerprint density at radius 1 is 1.32 bits per heavy atom. The maximum absolute atomic E-state index is 11.8. The van der Waals surface area contributed by atoms with Gasteiger partial charge in [0.1, 0.15) is 10.8 Å². The maximum atomic E-state index is 11.8. The number of allylic oxidation sites excluding steroid dienone is 2. The van der Waals surface area contributed by atoms with E-state index in [9.17, 15) is 9.59 Å². The molecule has 0 amide bonds. The summed E-state index contributed by atoms with van der Waals surface area (Å²) in [5.74, 6) is -0.480. The molecule has 1 aromatic carbocycles. The number of aliphatic carboxylic acids is 1. The van der Waals surface area contributed by atoms with Crippen LogP contribution in [0.25, 0.3) is 5.57 Å². The van der Waals surface area contributed by atoms with Crippen molar-refractivity contribution >= 4 is 40.5 Å². The molecule has 0 saturated carbocycles. The Kier molecular flexibility index (Phi) is 5.48. The highest BCUT2D eigenvalue weighted by Gasteiger charge is 2.23. The standard InChI is InChI=1S/C16H16Cl2O4/c1-2-9-5-10(7-11(19)6-9)12-3-4-13(16(18)15(12)17)22-8-14(20)21/h3-4,7,9H,2,5-6,8H2,1H3,(H,20,21). The average Bonchev–Trinajstić information content (AvgIpc) is 2.47. The maximum Gasteiger partial charge on any atom is 0.341 e. The van der Waals surface area contributed by atoms with Crippen molar-refractivity contribution in [2.75, 3.05) is 6.61 Å². The second kappa shape index (κ2) is 7.16. The van der Waals surface area contributed by atoms with Gasteiger partial charge < -0.3 is 9.84 Å². The number of carboxylic acid groups (broad SMARTS) is 1. The van der Waals surface area contributed by atoms with E-state index in [1.54, 1.807) is 18.2 Å². The first-order chi connectivity index (χ1) is 10.4. The van der Waals surface area contributed by atoms with Crippen molar-refractivity contribution < 1.29 is 19.4 Å². The highest BCUT2D eigenvalue weighted by atomic mass is 35.5. The van der Waals surface area contributed by atoms with Crippen LogP contribution in [-0.2, 0) is 9.59 Å². The topological polar surface area (TPSA) is 63.6 Å². The molecule has 1 atom stereocenters. The summed E-state index contributed by atoms with van der Waals surface area (Å²) in [5.41, 5.74) is 1.56. The first-order valence-electron chi connectivity index (χ1n) is 6.98. The number of ketones is 1. The smallest absolute Gasteiger partial charge is 0.341 e. The van der Waals surface area contributed by atoms with Crippen LogP contribution in [0.15, 0.2) is 18.2 Å². The zero-order valence-corrected chi connectivity index (χ0v) is 13.6. The molecular formula is C16H16Cl2O4. The zero-order chi connectivity index (χ0) is 16.3. The summed E-state index contributed by atoms with van der Waals surface area (Å²) in [6, 6.07) is 3.29. The molecule has 0 aromatic heterocycles. The number of carbonyl (C=O) groups is 2. The Hall–Kier alpha value is -1.52. The fourth-order valence-electron chi connectivity index (χ4n) is 2.49. The van der Waals surface area contributed by atoms with Gasteiger partial charge in [0.2, 0.25) is 0 Å². The Morgan fingerprint density at radius 2 is 2.05 bits per heavy atom. The number of benzene rings is 1. The molecule has 0 spiro atoms. The van der Waals surface area contributed by atoms with Crippen molar-refractivity contribution in [1.29, 1.82) is 0 Å². The van der Waals surface area contributed by atoms with Crippen LogP contribution in [0.5, 0.6) is 5.75 Å². The highest BCUT2D eigenvalue weighted by molar-refractivity contribution is 6.44. The minimum absolute atomic E-state index is 0.0893. The summed E-state index contributed by atoms with van der Waals surface area (Å²) in [7, 11) is 0. The largest absolute Gasteiger partial charge is 0.480 e. The van der Waals surface area contributed by atoms with Crippen LogP contribution in [0, 0.1) is 5.92 Å². The fourth-order valence-corrected chi connectivity index (χ4v) is 2.98. The molecule has 4 nitrogen and oxygen atoms in total. The van der Waals surface area contributed by atoms with Crippen LogP contribution in [0.4, 0.5) is 0 Å². The van der Waals surface area contributed by atoms with Gasteiger partial charge in [-0.1, -0.05) is 36.5 Å². The van der Waals surface area contributed by atoms with Gasteiger partial charge in [0.05, 0.1) is 5.02 Å². The Balaban J connectivity index is 2.31. The molecule has 2 rings (SSSR count). The van der Waals surface area contributed by atoms with Gasteiger partial charge in [-0.05, 0) is 41.7 Å². The molecule has 0 heterocycles. The number of carbonyl (C=O) groups excluding carboxylic acids is 1. The van der Waals surface area contributed by atoms with Crippen LogP contribution in [0.2, 0.25) is 10.0 Å². The molecule has 118 valence electrons. The first-order valence-corrected chi connectivity index (χ1v) is 7.74. The summed E-state index contributed by atoms with van der Waals surface area (Å²) in [6.07, 6.45) is 3.87. The van der Waals surface area contributed by atoms with Crippen molar-refractivity contribution in [2.24, 2.45) is 5.92 Å². The Labute approximate surface area is 138 Å². The lowest BCUT2D eigenvalue weighted by molar-refractivity contribution is -0.139. The van der Waals surface area contributed by atoms with E-state index >= 15 is 0 Å². The molecule has 0 bridgehead atoms. The summed E-state index contributed by atoms with van der Waals surface area (Å²) >= 11 is 12.4. The number of rotatable bonds is 5. The predicted molar refractivity (Wildman–Crippen MR) is 85.6 cm³/mol. The van der Waals surface area contributed by atoms with E-state index in [1.807, 2.05) is 0 Å². The van der Waals surface area contributed by atoms with Crippen LogP contribution in [0.3, 0.4) is 0 Å². The van der Waals surface area contributed by atoms with Gasteiger partial charge in [0, 0.05) is 6.42 Å². The summed E-state index contributed by atoms with van der Waals surface area (Å²) in [5, 5.41) is 9.07. The normalized spacial score (nSPS) is 18.0. The van der Waals surface area contributed by atoms with E-state index in [0.29, 0.717) is 17.9 Å².